The monoisotopic (exact) mass is 294 g/mol. The van der Waals surface area contributed by atoms with Crippen molar-refractivity contribution in [3.05, 3.63) is 0 Å². The van der Waals surface area contributed by atoms with Crippen molar-refractivity contribution in [1.82, 2.24) is 0 Å². The normalized spacial score (nSPS) is 10.3. The Kier molecular flexibility index (Phi) is 23.4. The fourth-order valence-corrected chi connectivity index (χ4v) is 2.48. The van der Waals surface area contributed by atoms with Gasteiger partial charge in [-0.1, -0.05) is 90.4 Å². The Morgan fingerprint density at radius 3 is 1.06 bits per heavy atom. The maximum Gasteiger partial charge on any atom is 0.0223 e. The van der Waals surface area contributed by atoms with E-state index in [1.807, 2.05) is 0 Å². The van der Waals surface area contributed by atoms with Crippen molar-refractivity contribution in [1.29, 1.82) is 0 Å². The second-order valence-electron chi connectivity index (χ2n) is 5.29. The summed E-state index contributed by atoms with van der Waals surface area (Å²) < 4.78 is 0. The highest BCUT2D eigenvalue weighted by molar-refractivity contribution is 6.92. The summed E-state index contributed by atoms with van der Waals surface area (Å²) in [5, 5.41) is 0. The SMILES string of the molecule is CCCCCCCCCCCCCCCCCl.P. The first-order chi connectivity index (χ1) is 8.41. The number of halogens is 1. The van der Waals surface area contributed by atoms with Gasteiger partial charge in [-0.15, -0.1) is 11.6 Å². The molecule has 18 heavy (non-hydrogen) atoms. The van der Waals surface area contributed by atoms with E-state index in [0.29, 0.717) is 0 Å². The van der Waals surface area contributed by atoms with Crippen LogP contribution in [0.2, 0.25) is 0 Å². The maximum atomic E-state index is 5.64. The molecule has 112 valence electrons. The molecule has 0 amide bonds. The zero-order valence-electron chi connectivity index (χ0n) is 12.7. The quantitative estimate of drug-likeness (QED) is 0.188. The molecule has 0 heterocycles. The van der Waals surface area contributed by atoms with Gasteiger partial charge in [-0.3, -0.25) is 0 Å². The molecule has 0 nitrogen and oxygen atoms in total. The number of hydrogen-bond donors (Lipinski definition) is 0. The first kappa shape index (κ1) is 21.0. The fraction of sp³-hybridized carbons (Fsp3) is 1.00. The Labute approximate surface area is 124 Å². The highest BCUT2D eigenvalue weighted by Gasteiger charge is 1.93. The summed E-state index contributed by atoms with van der Waals surface area (Å²) in [6, 6.07) is 0. The second-order valence-corrected chi connectivity index (χ2v) is 5.66. The summed E-state index contributed by atoms with van der Waals surface area (Å²) in [7, 11) is 0. The lowest BCUT2D eigenvalue weighted by Crippen LogP contribution is -1.83. The van der Waals surface area contributed by atoms with Crippen molar-refractivity contribution in [2.45, 2.75) is 96.8 Å². The van der Waals surface area contributed by atoms with Crippen molar-refractivity contribution < 1.29 is 0 Å². The van der Waals surface area contributed by atoms with Gasteiger partial charge < -0.3 is 0 Å². The summed E-state index contributed by atoms with van der Waals surface area (Å²) >= 11 is 5.64. The van der Waals surface area contributed by atoms with Gasteiger partial charge in [0.05, 0.1) is 0 Å². The standard InChI is InChI=1S/C16H33Cl.H3P/c1-2-3-4-5-6-7-8-9-10-11-12-13-14-15-16-17;/h2-16H2,1H3;1H3. The summed E-state index contributed by atoms with van der Waals surface area (Å²) in [5.74, 6) is 0.845. The van der Waals surface area contributed by atoms with Gasteiger partial charge in [0.25, 0.3) is 0 Å². The van der Waals surface area contributed by atoms with Crippen molar-refractivity contribution in [2.75, 3.05) is 5.88 Å². The van der Waals surface area contributed by atoms with E-state index in [0.717, 1.165) is 5.88 Å². The Balaban J connectivity index is 0. The molecule has 0 bridgehead atoms. The molecule has 0 aliphatic carbocycles. The van der Waals surface area contributed by atoms with E-state index >= 15 is 0 Å². The third kappa shape index (κ3) is 19.1. The van der Waals surface area contributed by atoms with Gasteiger partial charge in [-0.25, -0.2) is 0 Å². The number of unbranched alkanes of at least 4 members (excludes halogenated alkanes) is 13. The van der Waals surface area contributed by atoms with Crippen LogP contribution in [0.4, 0.5) is 0 Å². The van der Waals surface area contributed by atoms with Crippen LogP contribution in [0.1, 0.15) is 96.8 Å². The lowest BCUT2D eigenvalue weighted by molar-refractivity contribution is 0.538. The van der Waals surface area contributed by atoms with Gasteiger partial charge >= 0.3 is 0 Å². The van der Waals surface area contributed by atoms with Crippen LogP contribution in [0.3, 0.4) is 0 Å². The van der Waals surface area contributed by atoms with Crippen LogP contribution in [-0.2, 0) is 0 Å². The largest absolute Gasteiger partial charge is 0.153 e. The van der Waals surface area contributed by atoms with Gasteiger partial charge in [-0.2, -0.15) is 9.90 Å². The number of alkyl halides is 1. The molecular formula is C16H36ClP. The summed E-state index contributed by atoms with van der Waals surface area (Å²) in [6.07, 6.45) is 19.8. The van der Waals surface area contributed by atoms with Crippen molar-refractivity contribution in [2.24, 2.45) is 0 Å². The first-order valence-corrected chi connectivity index (χ1v) is 8.51. The van der Waals surface area contributed by atoms with Crippen molar-refractivity contribution in [3.8, 4) is 0 Å². The van der Waals surface area contributed by atoms with E-state index in [1.54, 1.807) is 0 Å². The summed E-state index contributed by atoms with van der Waals surface area (Å²) in [4.78, 5) is 0. The predicted molar refractivity (Wildman–Crippen MR) is 92.1 cm³/mol. The minimum absolute atomic E-state index is 0. The lowest BCUT2D eigenvalue weighted by Gasteiger charge is -2.02. The zero-order chi connectivity index (χ0) is 12.6. The molecule has 0 aromatic carbocycles. The third-order valence-corrected chi connectivity index (χ3v) is 3.75. The van der Waals surface area contributed by atoms with E-state index < -0.39 is 0 Å². The van der Waals surface area contributed by atoms with E-state index in [9.17, 15) is 0 Å². The first-order valence-electron chi connectivity index (χ1n) is 7.97. The van der Waals surface area contributed by atoms with Crippen LogP contribution in [0.15, 0.2) is 0 Å². The maximum absolute atomic E-state index is 5.64. The molecule has 0 spiro atoms. The molecule has 0 aromatic heterocycles. The smallest absolute Gasteiger partial charge is 0.0223 e. The number of rotatable bonds is 14. The third-order valence-electron chi connectivity index (χ3n) is 3.49. The molecular weight excluding hydrogens is 259 g/mol. The van der Waals surface area contributed by atoms with Crippen molar-refractivity contribution >= 4 is 21.5 Å². The molecule has 0 N–H and O–H groups in total. The molecule has 0 aromatic rings. The van der Waals surface area contributed by atoms with Crippen LogP contribution < -0.4 is 0 Å². The molecule has 0 saturated heterocycles. The second kappa shape index (κ2) is 20.0. The molecule has 0 aliphatic rings. The Morgan fingerprint density at radius 2 is 0.778 bits per heavy atom. The minimum Gasteiger partial charge on any atom is -0.153 e. The van der Waals surface area contributed by atoms with Gasteiger partial charge in [0, 0.05) is 5.88 Å². The van der Waals surface area contributed by atoms with Crippen LogP contribution >= 0.6 is 21.5 Å². The Morgan fingerprint density at radius 1 is 0.500 bits per heavy atom. The van der Waals surface area contributed by atoms with Gasteiger partial charge in [-0.05, 0) is 6.42 Å². The highest BCUT2D eigenvalue weighted by Crippen LogP contribution is 2.12. The van der Waals surface area contributed by atoms with E-state index in [-0.39, 0.29) is 9.90 Å². The average Bonchev–Trinajstić information content (AvgIpc) is 2.35. The molecule has 0 fully saturated rings. The summed E-state index contributed by atoms with van der Waals surface area (Å²) in [5.41, 5.74) is 0. The van der Waals surface area contributed by atoms with Gasteiger partial charge in [0.2, 0.25) is 0 Å². The minimum atomic E-state index is 0. The molecule has 1 atom stereocenters. The molecule has 2 heteroatoms. The number of hydrogen-bond acceptors (Lipinski definition) is 0. The lowest BCUT2D eigenvalue weighted by atomic mass is 10.0. The van der Waals surface area contributed by atoms with Crippen molar-refractivity contribution in [3.63, 3.8) is 0 Å². The van der Waals surface area contributed by atoms with Crippen LogP contribution in [0, 0.1) is 0 Å². The topological polar surface area (TPSA) is 0 Å². The van der Waals surface area contributed by atoms with Gasteiger partial charge in [0.15, 0.2) is 0 Å². The highest BCUT2D eigenvalue weighted by atomic mass is 35.5. The molecule has 0 aliphatic heterocycles. The van der Waals surface area contributed by atoms with Crippen LogP contribution in [0.5, 0.6) is 0 Å². The zero-order valence-corrected chi connectivity index (χ0v) is 14.9. The average molecular weight is 295 g/mol. The van der Waals surface area contributed by atoms with E-state index in [4.69, 9.17) is 11.6 Å². The van der Waals surface area contributed by atoms with E-state index in [2.05, 4.69) is 6.92 Å². The molecule has 0 saturated carbocycles. The van der Waals surface area contributed by atoms with Crippen LogP contribution in [-0.4, -0.2) is 5.88 Å². The summed E-state index contributed by atoms with van der Waals surface area (Å²) in [6.45, 7) is 2.28. The molecule has 1 unspecified atom stereocenters. The fourth-order valence-electron chi connectivity index (χ4n) is 2.29. The Hall–Kier alpha value is 0.720. The van der Waals surface area contributed by atoms with Crippen LogP contribution in [0.25, 0.3) is 0 Å². The predicted octanol–water partition coefficient (Wildman–Crippen LogP) is 6.76. The molecule has 0 rings (SSSR count). The van der Waals surface area contributed by atoms with Gasteiger partial charge in [0.1, 0.15) is 0 Å². The molecule has 0 radical (unpaired) electrons. The Bertz CT molecular complexity index is 114. The van der Waals surface area contributed by atoms with E-state index in [1.165, 1.54) is 89.9 Å².